The van der Waals surface area contributed by atoms with Gasteiger partial charge in [-0.25, -0.2) is 0 Å². The van der Waals surface area contributed by atoms with Crippen LogP contribution in [0.1, 0.15) is 31.9 Å². The smallest absolute Gasteiger partial charge is 0.0320 e. The van der Waals surface area contributed by atoms with Crippen molar-refractivity contribution >= 4 is 5.69 Å². The molecule has 0 fully saturated rings. The summed E-state index contributed by atoms with van der Waals surface area (Å²) < 4.78 is 0. The maximum Gasteiger partial charge on any atom is 0.0320 e. The number of anilines is 1. The molecule has 1 unspecified atom stereocenters. The van der Waals surface area contributed by atoms with Crippen molar-refractivity contribution in [3.8, 4) is 0 Å². The lowest BCUT2D eigenvalue weighted by atomic mass is 10.1. The van der Waals surface area contributed by atoms with Gasteiger partial charge < -0.3 is 10.6 Å². The quantitative estimate of drug-likeness (QED) is 0.754. The minimum Gasteiger partial charge on any atom is -0.399 e. The molecule has 18 heavy (non-hydrogen) atoms. The van der Waals surface area contributed by atoms with Crippen molar-refractivity contribution < 1.29 is 0 Å². The maximum absolute atomic E-state index is 5.74. The van der Waals surface area contributed by atoms with Crippen LogP contribution in [-0.4, -0.2) is 43.5 Å². The average molecular weight is 249 g/mol. The van der Waals surface area contributed by atoms with E-state index in [0.717, 1.165) is 25.3 Å². The predicted molar refractivity (Wildman–Crippen MR) is 79.7 cm³/mol. The van der Waals surface area contributed by atoms with Gasteiger partial charge in [-0.15, -0.1) is 0 Å². The van der Waals surface area contributed by atoms with Crippen LogP contribution in [0.15, 0.2) is 24.3 Å². The molecule has 0 bridgehead atoms. The van der Waals surface area contributed by atoms with E-state index in [1.165, 1.54) is 12.0 Å². The molecule has 1 atom stereocenters. The van der Waals surface area contributed by atoms with Gasteiger partial charge in [0.05, 0.1) is 0 Å². The number of nitrogen functional groups attached to an aromatic ring is 1. The highest BCUT2D eigenvalue weighted by atomic mass is 15.2. The van der Waals surface area contributed by atoms with Gasteiger partial charge in [0, 0.05) is 24.8 Å². The van der Waals surface area contributed by atoms with Crippen LogP contribution >= 0.6 is 0 Å². The number of likely N-dealkylation sites (N-methyl/N-ethyl adjacent to an activating group) is 1. The first kappa shape index (κ1) is 15.0. The SMILES string of the molecule is CCCN(CCN(C)C)C(C)c1ccc(N)cc1. The fourth-order valence-corrected chi connectivity index (χ4v) is 2.10. The largest absolute Gasteiger partial charge is 0.399 e. The molecule has 1 aromatic carbocycles. The number of rotatable bonds is 7. The molecule has 0 aliphatic heterocycles. The highest BCUT2D eigenvalue weighted by molar-refractivity contribution is 5.40. The maximum atomic E-state index is 5.74. The lowest BCUT2D eigenvalue weighted by molar-refractivity contribution is 0.190. The Labute approximate surface area is 112 Å². The van der Waals surface area contributed by atoms with E-state index < -0.39 is 0 Å². The number of benzene rings is 1. The molecule has 1 rings (SSSR count). The summed E-state index contributed by atoms with van der Waals surface area (Å²) in [4.78, 5) is 4.77. The molecule has 0 aromatic heterocycles. The van der Waals surface area contributed by atoms with Crippen LogP contribution in [-0.2, 0) is 0 Å². The molecular weight excluding hydrogens is 222 g/mol. The Hall–Kier alpha value is -1.06. The third kappa shape index (κ3) is 4.67. The van der Waals surface area contributed by atoms with Crippen molar-refractivity contribution in [2.24, 2.45) is 0 Å². The van der Waals surface area contributed by atoms with Crippen LogP contribution in [0.2, 0.25) is 0 Å². The van der Waals surface area contributed by atoms with Gasteiger partial charge in [-0.2, -0.15) is 0 Å². The Morgan fingerprint density at radius 1 is 1.06 bits per heavy atom. The predicted octanol–water partition coefficient (Wildman–Crippen LogP) is 2.60. The molecular formula is C15H27N3. The highest BCUT2D eigenvalue weighted by Gasteiger charge is 2.14. The topological polar surface area (TPSA) is 32.5 Å². The fourth-order valence-electron chi connectivity index (χ4n) is 2.10. The summed E-state index contributed by atoms with van der Waals surface area (Å²) in [5.74, 6) is 0. The summed E-state index contributed by atoms with van der Waals surface area (Å²) in [5.41, 5.74) is 7.92. The summed E-state index contributed by atoms with van der Waals surface area (Å²) in [6, 6.07) is 8.70. The summed E-state index contributed by atoms with van der Waals surface area (Å²) >= 11 is 0. The zero-order chi connectivity index (χ0) is 13.5. The first-order valence-electron chi connectivity index (χ1n) is 6.78. The molecule has 0 saturated heterocycles. The van der Waals surface area contributed by atoms with Crippen molar-refractivity contribution in [3.05, 3.63) is 29.8 Å². The lowest BCUT2D eigenvalue weighted by Crippen LogP contribution is -2.34. The minimum atomic E-state index is 0.450. The molecule has 0 amide bonds. The van der Waals surface area contributed by atoms with Gasteiger partial charge in [0.15, 0.2) is 0 Å². The van der Waals surface area contributed by atoms with Crippen molar-refractivity contribution in [3.63, 3.8) is 0 Å². The van der Waals surface area contributed by atoms with Gasteiger partial charge in [0.25, 0.3) is 0 Å². The first-order chi connectivity index (χ1) is 8.54. The van der Waals surface area contributed by atoms with Crippen LogP contribution in [0.5, 0.6) is 0 Å². The number of nitrogens with zero attached hydrogens (tertiary/aromatic N) is 2. The number of hydrogen-bond acceptors (Lipinski definition) is 3. The Balaban J connectivity index is 2.68. The fraction of sp³-hybridized carbons (Fsp3) is 0.600. The van der Waals surface area contributed by atoms with Crippen LogP contribution < -0.4 is 5.73 Å². The highest BCUT2D eigenvalue weighted by Crippen LogP contribution is 2.21. The Kier molecular flexibility index (Phi) is 6.16. The average Bonchev–Trinajstić information content (AvgIpc) is 2.34. The molecule has 0 heterocycles. The molecule has 0 aliphatic carbocycles. The Bertz CT molecular complexity index is 332. The second-order valence-electron chi connectivity index (χ2n) is 5.18. The molecule has 0 saturated carbocycles. The van der Waals surface area contributed by atoms with Crippen molar-refractivity contribution in [1.82, 2.24) is 9.80 Å². The van der Waals surface area contributed by atoms with Gasteiger partial charge in [0.2, 0.25) is 0 Å². The van der Waals surface area contributed by atoms with E-state index in [4.69, 9.17) is 5.73 Å². The Morgan fingerprint density at radius 3 is 2.17 bits per heavy atom. The van der Waals surface area contributed by atoms with Crippen LogP contribution in [0, 0.1) is 0 Å². The summed E-state index contributed by atoms with van der Waals surface area (Å²) in [7, 11) is 4.25. The van der Waals surface area contributed by atoms with E-state index in [1.807, 2.05) is 12.1 Å². The normalized spacial score (nSPS) is 13.2. The Morgan fingerprint density at radius 2 is 1.67 bits per heavy atom. The van der Waals surface area contributed by atoms with Gasteiger partial charge in [-0.3, -0.25) is 4.90 Å². The number of hydrogen-bond donors (Lipinski definition) is 1. The molecule has 0 aliphatic rings. The van der Waals surface area contributed by atoms with Crippen LogP contribution in [0.4, 0.5) is 5.69 Å². The molecule has 0 radical (unpaired) electrons. The molecule has 1 aromatic rings. The van der Waals surface area contributed by atoms with E-state index in [9.17, 15) is 0 Å². The molecule has 3 heteroatoms. The van der Waals surface area contributed by atoms with Crippen LogP contribution in [0.25, 0.3) is 0 Å². The third-order valence-corrected chi connectivity index (χ3v) is 3.31. The zero-order valence-corrected chi connectivity index (χ0v) is 12.2. The van der Waals surface area contributed by atoms with Gasteiger partial charge >= 0.3 is 0 Å². The standard InChI is InChI=1S/C15H27N3/c1-5-10-18(12-11-17(3)4)13(2)14-6-8-15(16)9-7-14/h6-9,13H,5,10-12,16H2,1-4H3. The van der Waals surface area contributed by atoms with Crippen molar-refractivity contribution in [2.75, 3.05) is 39.5 Å². The zero-order valence-electron chi connectivity index (χ0n) is 12.2. The molecule has 3 nitrogen and oxygen atoms in total. The van der Waals surface area contributed by atoms with E-state index in [-0.39, 0.29) is 0 Å². The first-order valence-corrected chi connectivity index (χ1v) is 6.78. The second kappa shape index (κ2) is 7.39. The van der Waals surface area contributed by atoms with Gasteiger partial charge in [0.1, 0.15) is 0 Å². The summed E-state index contributed by atoms with van der Waals surface area (Å²) in [5, 5.41) is 0. The minimum absolute atomic E-state index is 0.450. The monoisotopic (exact) mass is 249 g/mol. The van der Waals surface area contributed by atoms with E-state index >= 15 is 0 Å². The van der Waals surface area contributed by atoms with Crippen molar-refractivity contribution in [2.45, 2.75) is 26.3 Å². The molecule has 0 spiro atoms. The van der Waals surface area contributed by atoms with Crippen molar-refractivity contribution in [1.29, 1.82) is 0 Å². The van der Waals surface area contributed by atoms with Gasteiger partial charge in [-0.05, 0) is 51.7 Å². The van der Waals surface area contributed by atoms with Crippen LogP contribution in [0.3, 0.4) is 0 Å². The van der Waals surface area contributed by atoms with E-state index in [2.05, 4.69) is 49.9 Å². The van der Waals surface area contributed by atoms with E-state index in [1.54, 1.807) is 0 Å². The number of nitrogens with two attached hydrogens (primary N) is 1. The second-order valence-corrected chi connectivity index (χ2v) is 5.18. The van der Waals surface area contributed by atoms with Gasteiger partial charge in [-0.1, -0.05) is 19.1 Å². The van der Waals surface area contributed by atoms with E-state index in [0.29, 0.717) is 6.04 Å². The molecule has 102 valence electrons. The molecule has 2 N–H and O–H groups in total. The summed E-state index contributed by atoms with van der Waals surface area (Å²) in [6.07, 6.45) is 1.19. The lowest BCUT2D eigenvalue weighted by Gasteiger charge is -2.30. The third-order valence-electron chi connectivity index (χ3n) is 3.31. The summed E-state index contributed by atoms with van der Waals surface area (Å²) in [6.45, 7) is 7.85.